The molecule has 0 aliphatic rings. The van der Waals surface area contributed by atoms with Gasteiger partial charge in [0.1, 0.15) is 0 Å². The molecule has 0 spiro atoms. The van der Waals surface area contributed by atoms with Gasteiger partial charge in [-0.1, -0.05) is 0 Å². The number of carbonyl (C=O) groups excluding carboxylic acids is 2. The van der Waals surface area contributed by atoms with E-state index in [0.717, 1.165) is 12.1 Å². The Hall–Kier alpha value is -1.32. The van der Waals surface area contributed by atoms with Crippen molar-refractivity contribution in [1.29, 1.82) is 0 Å². The fourth-order valence-electron chi connectivity index (χ4n) is 1.78. The molecule has 0 heterocycles. The summed E-state index contributed by atoms with van der Waals surface area (Å²) in [5.41, 5.74) is -0.837. The highest BCUT2D eigenvalue weighted by molar-refractivity contribution is 14.1. The smallest absolute Gasteiger partial charge is 0.356 e. The van der Waals surface area contributed by atoms with Crippen molar-refractivity contribution < 1.29 is 22.8 Å². The van der Waals surface area contributed by atoms with Gasteiger partial charge in [-0.3, -0.25) is 9.59 Å². The zero-order valence-electron chi connectivity index (χ0n) is 12.1. The van der Waals surface area contributed by atoms with Gasteiger partial charge in [0, 0.05) is 36.2 Å². The van der Waals surface area contributed by atoms with Gasteiger partial charge < -0.3 is 10.2 Å². The fourth-order valence-corrected chi connectivity index (χ4v) is 2.45. The van der Waals surface area contributed by atoms with Crippen molar-refractivity contribution in [2.24, 2.45) is 0 Å². The Morgan fingerprint density at radius 1 is 1.27 bits per heavy atom. The Balaban J connectivity index is 2.76. The van der Waals surface area contributed by atoms with Gasteiger partial charge in [-0.15, -0.1) is 0 Å². The monoisotopic (exact) mass is 428 g/mol. The van der Waals surface area contributed by atoms with Crippen LogP contribution < -0.4 is 5.32 Å². The lowest BCUT2D eigenvalue weighted by Gasteiger charge is -2.18. The van der Waals surface area contributed by atoms with E-state index in [1.54, 1.807) is 22.6 Å². The minimum absolute atomic E-state index is 0.00116. The second kappa shape index (κ2) is 7.80. The Morgan fingerprint density at radius 2 is 1.91 bits per heavy atom. The number of halogens is 4. The summed E-state index contributed by atoms with van der Waals surface area (Å²) in [6.45, 7) is 2.14. The maximum Gasteiger partial charge on any atom is 0.416 e. The number of benzene rings is 1. The van der Waals surface area contributed by atoms with Crippen LogP contribution in [0, 0.1) is 3.57 Å². The molecule has 122 valence electrons. The average molecular weight is 428 g/mol. The van der Waals surface area contributed by atoms with E-state index >= 15 is 0 Å². The second-order valence-electron chi connectivity index (χ2n) is 4.79. The molecule has 0 fully saturated rings. The van der Waals surface area contributed by atoms with Crippen LogP contribution in [0.3, 0.4) is 0 Å². The summed E-state index contributed by atoms with van der Waals surface area (Å²) in [5.74, 6) is -0.645. The number of nitrogens with zero attached hydrogens (tertiary/aromatic N) is 1. The van der Waals surface area contributed by atoms with Crippen molar-refractivity contribution >= 4 is 34.4 Å². The van der Waals surface area contributed by atoms with Gasteiger partial charge in [-0.05, 0) is 47.2 Å². The molecule has 0 aliphatic carbocycles. The molecular formula is C14H16F3IN2O2. The standard InChI is InChI=1S/C14H16F3IN2O2/c1-9(21)19-4-3-5-20(2)13(22)10-6-11(14(15,16)17)8-12(18)7-10/h6-8H,3-5H2,1-2H3,(H,19,21). The van der Waals surface area contributed by atoms with Crippen molar-refractivity contribution in [3.63, 3.8) is 0 Å². The molecule has 22 heavy (non-hydrogen) atoms. The van der Waals surface area contributed by atoms with Gasteiger partial charge in [-0.2, -0.15) is 13.2 Å². The van der Waals surface area contributed by atoms with E-state index in [1.807, 2.05) is 0 Å². The lowest BCUT2D eigenvalue weighted by Crippen LogP contribution is -2.31. The van der Waals surface area contributed by atoms with Crippen LogP contribution in [0.15, 0.2) is 18.2 Å². The maximum atomic E-state index is 12.8. The Labute approximate surface area is 140 Å². The van der Waals surface area contributed by atoms with Crippen LogP contribution in [-0.2, 0) is 11.0 Å². The molecule has 0 aromatic heterocycles. The molecule has 1 aromatic carbocycles. The summed E-state index contributed by atoms with van der Waals surface area (Å²) in [4.78, 5) is 24.2. The third-order valence-corrected chi connectivity index (χ3v) is 3.49. The summed E-state index contributed by atoms with van der Waals surface area (Å²) in [7, 11) is 1.52. The number of nitrogens with one attached hydrogen (secondary N) is 1. The molecule has 0 unspecified atom stereocenters. The van der Waals surface area contributed by atoms with Gasteiger partial charge in [0.2, 0.25) is 5.91 Å². The Morgan fingerprint density at radius 3 is 2.45 bits per heavy atom. The van der Waals surface area contributed by atoms with Gasteiger partial charge in [0.05, 0.1) is 5.56 Å². The van der Waals surface area contributed by atoms with Crippen LogP contribution in [0.4, 0.5) is 13.2 Å². The number of rotatable bonds is 5. The summed E-state index contributed by atoms with van der Waals surface area (Å²) < 4.78 is 38.7. The van der Waals surface area contributed by atoms with Crippen LogP contribution in [0.2, 0.25) is 0 Å². The largest absolute Gasteiger partial charge is 0.416 e. The highest BCUT2D eigenvalue weighted by Gasteiger charge is 2.31. The van der Waals surface area contributed by atoms with Gasteiger partial charge in [-0.25, -0.2) is 0 Å². The van der Waals surface area contributed by atoms with Crippen LogP contribution in [0.25, 0.3) is 0 Å². The lowest BCUT2D eigenvalue weighted by molar-refractivity contribution is -0.137. The first-order valence-electron chi connectivity index (χ1n) is 6.49. The fraction of sp³-hybridized carbons (Fsp3) is 0.429. The highest BCUT2D eigenvalue weighted by Crippen LogP contribution is 2.31. The third kappa shape index (κ3) is 5.82. The number of hydrogen-bond acceptors (Lipinski definition) is 2. The molecule has 8 heteroatoms. The minimum atomic E-state index is -4.49. The molecule has 0 radical (unpaired) electrons. The molecule has 0 bridgehead atoms. The first-order chi connectivity index (χ1) is 10.1. The zero-order valence-corrected chi connectivity index (χ0v) is 14.3. The first-order valence-corrected chi connectivity index (χ1v) is 7.57. The molecule has 1 N–H and O–H groups in total. The predicted molar refractivity (Wildman–Crippen MR) is 84.4 cm³/mol. The quantitative estimate of drug-likeness (QED) is 0.580. The maximum absolute atomic E-state index is 12.8. The number of amides is 2. The molecule has 0 saturated carbocycles. The lowest BCUT2D eigenvalue weighted by atomic mass is 10.1. The van der Waals surface area contributed by atoms with E-state index in [9.17, 15) is 22.8 Å². The molecule has 1 aromatic rings. The number of carbonyl (C=O) groups is 2. The van der Waals surface area contributed by atoms with Crippen molar-refractivity contribution in [1.82, 2.24) is 10.2 Å². The van der Waals surface area contributed by atoms with Crippen LogP contribution in [0.5, 0.6) is 0 Å². The number of alkyl halides is 3. The normalized spacial score (nSPS) is 11.2. The van der Waals surface area contributed by atoms with E-state index < -0.39 is 17.6 Å². The molecule has 0 aliphatic heterocycles. The molecular weight excluding hydrogens is 412 g/mol. The van der Waals surface area contributed by atoms with Crippen molar-refractivity contribution in [3.05, 3.63) is 32.9 Å². The molecule has 2 amide bonds. The van der Waals surface area contributed by atoms with Crippen molar-refractivity contribution in [3.8, 4) is 0 Å². The molecule has 0 saturated heterocycles. The predicted octanol–water partition coefficient (Wildman–Crippen LogP) is 2.91. The average Bonchev–Trinajstić information content (AvgIpc) is 2.40. The van der Waals surface area contributed by atoms with E-state index in [0.29, 0.717) is 23.1 Å². The summed E-state index contributed by atoms with van der Waals surface area (Å²) >= 11 is 1.75. The molecule has 0 atom stereocenters. The summed E-state index contributed by atoms with van der Waals surface area (Å²) in [6, 6.07) is 3.27. The van der Waals surface area contributed by atoms with Crippen LogP contribution in [-0.4, -0.2) is 36.9 Å². The first kappa shape index (κ1) is 18.7. The summed E-state index contributed by atoms with van der Waals surface area (Å²) in [5, 5.41) is 2.59. The van der Waals surface area contributed by atoms with E-state index in [-0.39, 0.29) is 11.5 Å². The van der Waals surface area contributed by atoms with Gasteiger partial charge >= 0.3 is 6.18 Å². The van der Waals surface area contributed by atoms with E-state index in [1.165, 1.54) is 24.9 Å². The zero-order chi connectivity index (χ0) is 16.9. The SMILES string of the molecule is CC(=O)NCCCN(C)C(=O)c1cc(I)cc(C(F)(F)F)c1. The summed E-state index contributed by atoms with van der Waals surface area (Å²) in [6.07, 6.45) is -3.96. The molecule has 4 nitrogen and oxygen atoms in total. The van der Waals surface area contributed by atoms with Gasteiger partial charge in [0.25, 0.3) is 5.91 Å². The topological polar surface area (TPSA) is 49.4 Å². The Bertz CT molecular complexity index is 562. The van der Waals surface area contributed by atoms with Crippen LogP contribution in [0.1, 0.15) is 29.3 Å². The van der Waals surface area contributed by atoms with E-state index in [2.05, 4.69) is 5.32 Å². The van der Waals surface area contributed by atoms with Crippen LogP contribution >= 0.6 is 22.6 Å². The highest BCUT2D eigenvalue weighted by atomic mass is 127. The van der Waals surface area contributed by atoms with Crippen molar-refractivity contribution in [2.75, 3.05) is 20.1 Å². The minimum Gasteiger partial charge on any atom is -0.356 e. The van der Waals surface area contributed by atoms with Gasteiger partial charge in [0.15, 0.2) is 0 Å². The molecule has 1 rings (SSSR count). The van der Waals surface area contributed by atoms with E-state index in [4.69, 9.17) is 0 Å². The van der Waals surface area contributed by atoms with Crippen molar-refractivity contribution in [2.45, 2.75) is 19.5 Å². The third-order valence-electron chi connectivity index (χ3n) is 2.86. The Kier molecular flexibility index (Phi) is 6.64. The second-order valence-corrected chi connectivity index (χ2v) is 6.04. The number of hydrogen-bond donors (Lipinski definition) is 1.